The number of hydrogen-bond donors (Lipinski definition) is 0. The van der Waals surface area contributed by atoms with Crippen molar-refractivity contribution in [2.24, 2.45) is 0 Å². The van der Waals surface area contributed by atoms with E-state index in [9.17, 15) is 4.79 Å². The molecule has 0 unspecified atom stereocenters. The summed E-state index contributed by atoms with van der Waals surface area (Å²) in [7, 11) is 1.73. The zero-order chi connectivity index (χ0) is 30.6. The van der Waals surface area contributed by atoms with Crippen molar-refractivity contribution in [3.8, 4) is 22.5 Å². The highest BCUT2D eigenvalue weighted by Gasteiger charge is 2.30. The summed E-state index contributed by atoms with van der Waals surface area (Å²) in [5, 5.41) is 9.27. The van der Waals surface area contributed by atoms with Crippen molar-refractivity contribution >= 4 is 11.6 Å². The van der Waals surface area contributed by atoms with E-state index in [0.717, 1.165) is 53.0 Å². The van der Waals surface area contributed by atoms with Crippen molar-refractivity contribution in [2.75, 3.05) is 18.6 Å². The van der Waals surface area contributed by atoms with Gasteiger partial charge in [-0.15, -0.1) is 5.10 Å². The Morgan fingerprint density at radius 3 is 2.20 bits per heavy atom. The van der Waals surface area contributed by atoms with Gasteiger partial charge in [0.2, 0.25) is 5.91 Å². The molecule has 7 heteroatoms. The highest BCUT2D eigenvalue weighted by molar-refractivity contribution is 6.00. The maximum atomic E-state index is 13.3. The number of para-hydroxylation sites is 1. The van der Waals surface area contributed by atoms with E-state index in [2.05, 4.69) is 56.2 Å². The number of anilines is 1. The first kappa shape index (κ1) is 34.2. The van der Waals surface area contributed by atoms with Gasteiger partial charge in [0, 0.05) is 31.2 Å². The van der Waals surface area contributed by atoms with Crippen LogP contribution in [0.1, 0.15) is 93.6 Å². The molecule has 0 aliphatic carbocycles. The Balaban J connectivity index is 0.00000141. The Bertz CT molecular complexity index is 1230. The molecule has 226 valence electrons. The maximum absolute atomic E-state index is 13.3. The number of nitrogens with zero attached hydrogens (tertiary/aromatic N) is 4. The van der Waals surface area contributed by atoms with Gasteiger partial charge in [-0.05, 0) is 58.6 Å². The third-order valence-electron chi connectivity index (χ3n) is 7.23. The Morgan fingerprint density at radius 2 is 1.54 bits per heavy atom. The quantitative estimate of drug-likeness (QED) is 0.248. The second-order valence-corrected chi connectivity index (χ2v) is 11.0. The molecule has 1 aliphatic rings. The van der Waals surface area contributed by atoms with Gasteiger partial charge in [0.15, 0.2) is 0 Å². The highest BCUT2D eigenvalue weighted by Crippen LogP contribution is 2.41. The minimum atomic E-state index is -0.342. The molecule has 0 fully saturated rings. The van der Waals surface area contributed by atoms with E-state index in [1.54, 1.807) is 7.11 Å². The van der Waals surface area contributed by atoms with E-state index in [-0.39, 0.29) is 17.1 Å². The van der Waals surface area contributed by atoms with Crippen molar-refractivity contribution < 1.29 is 14.3 Å². The van der Waals surface area contributed by atoms with Gasteiger partial charge in [-0.3, -0.25) is 4.79 Å². The van der Waals surface area contributed by atoms with Crippen LogP contribution >= 0.6 is 0 Å². The largest absolute Gasteiger partial charge is 0.379 e. The minimum Gasteiger partial charge on any atom is -0.379 e. The van der Waals surface area contributed by atoms with Crippen LogP contribution in [-0.2, 0) is 27.4 Å². The molecule has 0 radical (unpaired) electrons. The molecule has 0 spiro atoms. The van der Waals surface area contributed by atoms with E-state index in [0.29, 0.717) is 26.1 Å². The average Bonchev–Trinajstić information content (AvgIpc) is 3.39. The smallest absolute Gasteiger partial charge is 0.227 e. The standard InChI is InChI=1S/C30H40N4O3.2C2H6/c1-7-12-26(35)33-21-22-13-8-9-14-23(22)27-28(24-15-10-11-16-25(24)33)34(32-31-27)19-17-30(4,5)37-20-18-29(2,3)36-6;2*1-2/h8-11,13-16H,7,12,17-21H2,1-6H3;2*1-2H3. The van der Waals surface area contributed by atoms with Crippen LogP contribution in [0.25, 0.3) is 22.5 Å². The molecule has 1 amide bonds. The molecule has 4 rings (SSSR count). The van der Waals surface area contributed by atoms with Crippen molar-refractivity contribution in [3.63, 3.8) is 0 Å². The molecule has 0 atom stereocenters. The van der Waals surface area contributed by atoms with Crippen molar-refractivity contribution in [3.05, 3.63) is 54.1 Å². The van der Waals surface area contributed by atoms with Gasteiger partial charge in [0.25, 0.3) is 0 Å². The van der Waals surface area contributed by atoms with Crippen molar-refractivity contribution in [2.45, 2.75) is 112 Å². The number of carbonyl (C=O) groups excluding carboxylic acids is 1. The van der Waals surface area contributed by atoms with Gasteiger partial charge >= 0.3 is 0 Å². The second-order valence-electron chi connectivity index (χ2n) is 11.0. The molecule has 0 saturated heterocycles. The molecule has 0 saturated carbocycles. The predicted molar refractivity (Wildman–Crippen MR) is 170 cm³/mol. The van der Waals surface area contributed by atoms with Crippen LogP contribution in [0.4, 0.5) is 5.69 Å². The zero-order valence-electron chi connectivity index (χ0n) is 27.1. The first-order chi connectivity index (χ1) is 19.7. The topological polar surface area (TPSA) is 69.5 Å². The minimum absolute atomic E-state index is 0.126. The molecule has 3 aromatic rings. The van der Waals surface area contributed by atoms with Gasteiger partial charge in [0.1, 0.15) is 5.69 Å². The van der Waals surface area contributed by atoms with Gasteiger partial charge in [0.05, 0.1) is 35.7 Å². The number of aryl methyl sites for hydroxylation is 1. The van der Waals surface area contributed by atoms with Gasteiger partial charge in [-0.1, -0.05) is 82.3 Å². The fraction of sp³-hybridized carbons (Fsp3) is 0.559. The number of benzene rings is 2. The summed E-state index contributed by atoms with van der Waals surface area (Å²) in [6, 6.07) is 16.3. The van der Waals surface area contributed by atoms with Crippen LogP contribution in [0.3, 0.4) is 0 Å². The number of hydrogen-bond acceptors (Lipinski definition) is 5. The van der Waals surface area contributed by atoms with Crippen LogP contribution in [0, 0.1) is 0 Å². The SMILES string of the molecule is CC.CC.CCCC(=O)N1Cc2ccccc2-c2nnn(CCC(C)(C)OCCC(C)(C)OC)c2-c2ccccc21. The molecule has 7 nitrogen and oxygen atoms in total. The van der Waals surface area contributed by atoms with Gasteiger partial charge in [-0.2, -0.15) is 0 Å². The summed E-state index contributed by atoms with van der Waals surface area (Å²) in [5.41, 5.74) is 5.20. The van der Waals surface area contributed by atoms with E-state index in [1.807, 2.05) is 74.5 Å². The summed E-state index contributed by atoms with van der Waals surface area (Å²) in [5.74, 6) is 0.126. The number of rotatable bonds is 10. The molecule has 2 heterocycles. The predicted octanol–water partition coefficient (Wildman–Crippen LogP) is 8.31. The van der Waals surface area contributed by atoms with Gasteiger partial charge in [-0.25, -0.2) is 4.68 Å². The van der Waals surface area contributed by atoms with Crippen LogP contribution in [0.2, 0.25) is 0 Å². The summed E-state index contributed by atoms with van der Waals surface area (Å²) in [4.78, 5) is 15.2. The van der Waals surface area contributed by atoms with E-state index in [1.165, 1.54) is 0 Å². The first-order valence-corrected chi connectivity index (χ1v) is 15.3. The fourth-order valence-corrected chi connectivity index (χ4v) is 4.67. The molecule has 1 aromatic heterocycles. The first-order valence-electron chi connectivity index (χ1n) is 15.3. The number of methoxy groups -OCH3 is 1. The Morgan fingerprint density at radius 1 is 0.902 bits per heavy atom. The Labute approximate surface area is 248 Å². The lowest BCUT2D eigenvalue weighted by atomic mass is 9.95. The lowest BCUT2D eigenvalue weighted by molar-refractivity contribution is -0.118. The van der Waals surface area contributed by atoms with Crippen LogP contribution in [-0.4, -0.2) is 45.8 Å². The number of fused-ring (bicyclic) bond motifs is 5. The van der Waals surface area contributed by atoms with E-state index < -0.39 is 0 Å². The summed E-state index contributed by atoms with van der Waals surface area (Å²) >= 11 is 0. The van der Waals surface area contributed by atoms with Crippen molar-refractivity contribution in [1.29, 1.82) is 0 Å². The van der Waals surface area contributed by atoms with E-state index >= 15 is 0 Å². The van der Waals surface area contributed by atoms with Crippen LogP contribution < -0.4 is 4.90 Å². The molecular formula is C34H52N4O3. The molecule has 1 aliphatic heterocycles. The lowest BCUT2D eigenvalue weighted by Gasteiger charge is -2.30. The third-order valence-corrected chi connectivity index (χ3v) is 7.23. The monoisotopic (exact) mass is 564 g/mol. The fourth-order valence-electron chi connectivity index (χ4n) is 4.67. The third kappa shape index (κ3) is 8.73. The average molecular weight is 565 g/mol. The number of amides is 1. The normalized spacial score (nSPS) is 12.4. The summed E-state index contributed by atoms with van der Waals surface area (Å²) < 4.78 is 13.8. The molecule has 2 aromatic carbocycles. The van der Waals surface area contributed by atoms with Gasteiger partial charge < -0.3 is 14.4 Å². The van der Waals surface area contributed by atoms with Crippen LogP contribution in [0.15, 0.2) is 48.5 Å². The number of ether oxygens (including phenoxy) is 2. The van der Waals surface area contributed by atoms with E-state index in [4.69, 9.17) is 9.47 Å². The van der Waals surface area contributed by atoms with Crippen molar-refractivity contribution in [1.82, 2.24) is 15.0 Å². The maximum Gasteiger partial charge on any atom is 0.227 e. The number of carbonyl (C=O) groups is 1. The summed E-state index contributed by atoms with van der Waals surface area (Å²) in [6.45, 7) is 20.2. The molecule has 41 heavy (non-hydrogen) atoms. The molecule has 0 N–H and O–H groups in total. The molecular weight excluding hydrogens is 512 g/mol. The summed E-state index contributed by atoms with van der Waals surface area (Å²) in [6.07, 6.45) is 2.89. The van der Waals surface area contributed by atoms with Crippen LogP contribution in [0.5, 0.6) is 0 Å². The zero-order valence-corrected chi connectivity index (χ0v) is 27.1. The number of aromatic nitrogens is 3. The molecule has 0 bridgehead atoms. The second kappa shape index (κ2) is 15.8. The Hall–Kier alpha value is -3.03. The highest BCUT2D eigenvalue weighted by atomic mass is 16.5. The Kier molecular flexibility index (Phi) is 13.2. The lowest BCUT2D eigenvalue weighted by Crippen LogP contribution is -2.32.